The molecule has 86 valence electrons. The maximum atomic E-state index is 12.9. The zero-order chi connectivity index (χ0) is 12.3. The summed E-state index contributed by atoms with van der Waals surface area (Å²) in [6.07, 6.45) is 0. The number of hydrogen-bond acceptors (Lipinski definition) is 2. The van der Waals surface area contributed by atoms with Crippen molar-refractivity contribution in [3.63, 3.8) is 0 Å². The lowest BCUT2D eigenvalue weighted by Gasteiger charge is -2.08. The molecule has 1 amide bonds. The SMILES string of the molecule is CC(C(=O)O)C(=O)Nc1cc(F)cc(Cl)c1. The van der Waals surface area contributed by atoms with E-state index in [0.717, 1.165) is 12.1 Å². The van der Waals surface area contributed by atoms with Crippen LogP contribution in [0.25, 0.3) is 0 Å². The third-order valence-electron chi connectivity index (χ3n) is 1.89. The topological polar surface area (TPSA) is 66.4 Å². The summed E-state index contributed by atoms with van der Waals surface area (Å²) in [5.41, 5.74) is 0.128. The van der Waals surface area contributed by atoms with Crippen LogP contribution in [0.3, 0.4) is 0 Å². The van der Waals surface area contributed by atoms with Crippen molar-refractivity contribution in [1.82, 2.24) is 0 Å². The Kier molecular flexibility index (Phi) is 3.84. The number of carboxylic acids is 1. The van der Waals surface area contributed by atoms with Gasteiger partial charge in [-0.2, -0.15) is 0 Å². The Bertz CT molecular complexity index is 416. The smallest absolute Gasteiger partial charge is 0.315 e. The lowest BCUT2D eigenvalue weighted by Crippen LogP contribution is -2.26. The van der Waals surface area contributed by atoms with E-state index in [1.807, 2.05) is 0 Å². The molecule has 16 heavy (non-hydrogen) atoms. The molecule has 0 aliphatic carbocycles. The number of benzene rings is 1. The van der Waals surface area contributed by atoms with E-state index in [-0.39, 0.29) is 10.7 Å². The van der Waals surface area contributed by atoms with Gasteiger partial charge in [0.05, 0.1) is 0 Å². The highest BCUT2D eigenvalue weighted by Crippen LogP contribution is 2.18. The number of aliphatic carboxylic acids is 1. The molecule has 0 bridgehead atoms. The van der Waals surface area contributed by atoms with Gasteiger partial charge in [0.1, 0.15) is 11.7 Å². The molecule has 2 N–H and O–H groups in total. The molecule has 1 rings (SSSR count). The monoisotopic (exact) mass is 245 g/mol. The Hall–Kier alpha value is -1.62. The van der Waals surface area contributed by atoms with E-state index < -0.39 is 23.6 Å². The van der Waals surface area contributed by atoms with Crippen molar-refractivity contribution in [3.8, 4) is 0 Å². The molecular formula is C10H9ClFNO3. The number of nitrogens with one attached hydrogen (secondary N) is 1. The Balaban J connectivity index is 2.81. The summed E-state index contributed by atoms with van der Waals surface area (Å²) < 4.78 is 12.9. The van der Waals surface area contributed by atoms with E-state index in [1.165, 1.54) is 13.0 Å². The lowest BCUT2D eigenvalue weighted by molar-refractivity contribution is -0.144. The Morgan fingerprint density at radius 1 is 1.44 bits per heavy atom. The van der Waals surface area contributed by atoms with Gasteiger partial charge >= 0.3 is 5.97 Å². The van der Waals surface area contributed by atoms with Gasteiger partial charge in [0, 0.05) is 10.7 Å². The molecule has 0 fully saturated rings. The molecule has 0 aromatic heterocycles. The van der Waals surface area contributed by atoms with Crippen LogP contribution in [0.1, 0.15) is 6.92 Å². The molecule has 1 unspecified atom stereocenters. The first kappa shape index (κ1) is 12.4. The van der Waals surface area contributed by atoms with E-state index >= 15 is 0 Å². The minimum absolute atomic E-state index is 0.123. The zero-order valence-electron chi connectivity index (χ0n) is 8.33. The van der Waals surface area contributed by atoms with Crippen LogP contribution in [0.5, 0.6) is 0 Å². The molecule has 6 heteroatoms. The van der Waals surface area contributed by atoms with Crippen LogP contribution in [0, 0.1) is 11.7 Å². The average molecular weight is 246 g/mol. The van der Waals surface area contributed by atoms with Crippen LogP contribution in [0.2, 0.25) is 5.02 Å². The fraction of sp³-hybridized carbons (Fsp3) is 0.200. The number of amides is 1. The number of anilines is 1. The molecular weight excluding hydrogens is 237 g/mol. The minimum atomic E-state index is -1.25. The third-order valence-corrected chi connectivity index (χ3v) is 2.11. The molecule has 1 atom stereocenters. The predicted octanol–water partition coefficient (Wildman–Crippen LogP) is 2.14. The molecule has 0 radical (unpaired) electrons. The second-order valence-electron chi connectivity index (χ2n) is 3.21. The molecule has 0 aliphatic rings. The van der Waals surface area contributed by atoms with Crippen molar-refractivity contribution in [2.24, 2.45) is 5.92 Å². The second-order valence-corrected chi connectivity index (χ2v) is 3.64. The quantitative estimate of drug-likeness (QED) is 0.802. The summed E-state index contributed by atoms with van der Waals surface area (Å²) in [6.45, 7) is 1.23. The summed E-state index contributed by atoms with van der Waals surface area (Å²) in [5, 5.41) is 11.0. The molecule has 1 aromatic carbocycles. The first-order chi connectivity index (χ1) is 7.40. The number of carbonyl (C=O) groups excluding carboxylic acids is 1. The summed E-state index contributed by atoms with van der Waals surface area (Å²) in [4.78, 5) is 21.8. The van der Waals surface area contributed by atoms with Crippen molar-refractivity contribution in [2.45, 2.75) is 6.92 Å². The van der Waals surface area contributed by atoms with Crippen molar-refractivity contribution in [1.29, 1.82) is 0 Å². The summed E-state index contributed by atoms with van der Waals surface area (Å²) >= 11 is 5.57. The van der Waals surface area contributed by atoms with Gasteiger partial charge in [-0.15, -0.1) is 0 Å². The van der Waals surface area contributed by atoms with Crippen LogP contribution in [-0.4, -0.2) is 17.0 Å². The van der Waals surface area contributed by atoms with Gasteiger partial charge in [-0.25, -0.2) is 4.39 Å². The number of carbonyl (C=O) groups is 2. The highest BCUT2D eigenvalue weighted by molar-refractivity contribution is 6.31. The minimum Gasteiger partial charge on any atom is -0.481 e. The molecule has 0 spiro atoms. The normalized spacial score (nSPS) is 11.9. The molecule has 0 heterocycles. The van der Waals surface area contributed by atoms with Gasteiger partial charge < -0.3 is 10.4 Å². The largest absolute Gasteiger partial charge is 0.481 e. The highest BCUT2D eigenvalue weighted by Gasteiger charge is 2.20. The second kappa shape index (κ2) is 4.94. The Morgan fingerprint density at radius 3 is 2.56 bits per heavy atom. The van der Waals surface area contributed by atoms with Crippen LogP contribution in [0.4, 0.5) is 10.1 Å². The highest BCUT2D eigenvalue weighted by atomic mass is 35.5. The van der Waals surface area contributed by atoms with E-state index in [1.54, 1.807) is 0 Å². The Labute approximate surface area is 96.0 Å². The van der Waals surface area contributed by atoms with Gasteiger partial charge in [0.15, 0.2) is 0 Å². The Morgan fingerprint density at radius 2 is 2.06 bits per heavy atom. The first-order valence-corrected chi connectivity index (χ1v) is 4.77. The van der Waals surface area contributed by atoms with Gasteiger partial charge in [0.2, 0.25) is 5.91 Å². The van der Waals surface area contributed by atoms with Crippen LogP contribution in [0.15, 0.2) is 18.2 Å². The fourth-order valence-corrected chi connectivity index (χ4v) is 1.21. The average Bonchev–Trinajstić information content (AvgIpc) is 2.14. The van der Waals surface area contributed by atoms with E-state index in [2.05, 4.69) is 5.32 Å². The maximum absolute atomic E-state index is 12.9. The van der Waals surface area contributed by atoms with E-state index in [0.29, 0.717) is 0 Å². The molecule has 0 aliphatic heterocycles. The number of hydrogen-bond donors (Lipinski definition) is 2. The molecule has 0 saturated carbocycles. The zero-order valence-corrected chi connectivity index (χ0v) is 9.08. The number of halogens is 2. The van der Waals surface area contributed by atoms with Crippen LogP contribution >= 0.6 is 11.6 Å². The maximum Gasteiger partial charge on any atom is 0.315 e. The van der Waals surface area contributed by atoms with Gasteiger partial charge in [-0.1, -0.05) is 11.6 Å². The number of rotatable bonds is 3. The van der Waals surface area contributed by atoms with Crippen molar-refractivity contribution < 1.29 is 19.1 Å². The fourth-order valence-electron chi connectivity index (χ4n) is 0.989. The predicted molar refractivity (Wildman–Crippen MR) is 56.8 cm³/mol. The van der Waals surface area contributed by atoms with Crippen LogP contribution < -0.4 is 5.32 Å². The molecule has 1 aromatic rings. The van der Waals surface area contributed by atoms with Crippen molar-refractivity contribution in [3.05, 3.63) is 29.0 Å². The molecule has 4 nitrogen and oxygen atoms in total. The van der Waals surface area contributed by atoms with Gasteiger partial charge in [-0.3, -0.25) is 9.59 Å². The van der Waals surface area contributed by atoms with E-state index in [9.17, 15) is 14.0 Å². The standard InChI is InChI=1S/C10H9ClFNO3/c1-5(10(15)16)9(14)13-8-3-6(11)2-7(12)4-8/h2-5H,1H3,(H,13,14)(H,15,16). The molecule has 0 saturated heterocycles. The van der Waals surface area contributed by atoms with Gasteiger partial charge in [-0.05, 0) is 25.1 Å². The lowest BCUT2D eigenvalue weighted by atomic mass is 10.1. The third kappa shape index (κ3) is 3.20. The van der Waals surface area contributed by atoms with Crippen LogP contribution in [-0.2, 0) is 9.59 Å². The summed E-state index contributed by atoms with van der Waals surface area (Å²) in [5.74, 6) is -3.79. The van der Waals surface area contributed by atoms with E-state index in [4.69, 9.17) is 16.7 Å². The first-order valence-electron chi connectivity index (χ1n) is 4.40. The van der Waals surface area contributed by atoms with Gasteiger partial charge in [0.25, 0.3) is 0 Å². The summed E-state index contributed by atoms with van der Waals surface area (Å²) in [7, 11) is 0. The number of carboxylic acid groups (broad SMARTS) is 1. The van der Waals surface area contributed by atoms with Crippen molar-refractivity contribution >= 4 is 29.2 Å². The van der Waals surface area contributed by atoms with Crippen molar-refractivity contribution in [2.75, 3.05) is 5.32 Å². The summed E-state index contributed by atoms with van der Waals surface area (Å²) in [6, 6.07) is 3.47.